The number of halogens is 1. The Kier molecular flexibility index (Phi) is 4.86. The molecule has 0 radical (unpaired) electrons. The van der Waals surface area contributed by atoms with Gasteiger partial charge in [-0.3, -0.25) is 9.59 Å². The monoisotopic (exact) mass is 343 g/mol. The van der Waals surface area contributed by atoms with Gasteiger partial charge in [0.15, 0.2) is 5.78 Å². The van der Waals surface area contributed by atoms with Gasteiger partial charge in [0.2, 0.25) is 5.91 Å². The van der Waals surface area contributed by atoms with Gasteiger partial charge in [0.1, 0.15) is 5.75 Å². The smallest absolute Gasteiger partial charge is 0.227 e. The number of methoxy groups -OCH3 is 1. The van der Waals surface area contributed by atoms with Crippen molar-refractivity contribution in [2.75, 3.05) is 18.6 Å². The number of carbonyl (C=O) groups is 2. The van der Waals surface area contributed by atoms with Gasteiger partial charge in [0.05, 0.1) is 12.8 Å². The van der Waals surface area contributed by atoms with Gasteiger partial charge in [-0.15, -0.1) is 0 Å². The van der Waals surface area contributed by atoms with Crippen LogP contribution in [0.3, 0.4) is 0 Å². The fraction of sp³-hybridized carbons (Fsp3) is 0.263. The van der Waals surface area contributed by atoms with Crippen LogP contribution in [0.25, 0.3) is 0 Å². The average molecular weight is 344 g/mol. The van der Waals surface area contributed by atoms with Crippen molar-refractivity contribution < 1.29 is 14.3 Å². The molecule has 0 aliphatic carbocycles. The van der Waals surface area contributed by atoms with Crippen LogP contribution in [-0.4, -0.2) is 25.3 Å². The van der Waals surface area contributed by atoms with Gasteiger partial charge in [-0.1, -0.05) is 29.8 Å². The molecular formula is C19H18ClNO3. The van der Waals surface area contributed by atoms with E-state index in [1.807, 2.05) is 24.3 Å². The van der Waals surface area contributed by atoms with Crippen molar-refractivity contribution >= 4 is 29.0 Å². The van der Waals surface area contributed by atoms with Gasteiger partial charge in [-0.25, -0.2) is 0 Å². The largest absolute Gasteiger partial charge is 0.496 e. The van der Waals surface area contributed by atoms with Gasteiger partial charge < -0.3 is 9.64 Å². The summed E-state index contributed by atoms with van der Waals surface area (Å²) in [7, 11) is 1.62. The van der Waals surface area contributed by atoms with E-state index in [-0.39, 0.29) is 11.7 Å². The Balaban J connectivity index is 1.77. The van der Waals surface area contributed by atoms with Crippen LogP contribution in [0.1, 0.15) is 28.8 Å². The number of fused-ring (bicyclic) bond motifs is 1. The molecule has 1 aliphatic rings. The van der Waals surface area contributed by atoms with Gasteiger partial charge in [-0.2, -0.15) is 0 Å². The lowest BCUT2D eigenvalue weighted by atomic mass is 9.99. The SMILES string of the molecule is COc1ccccc1CCC(=O)N1CCC(=O)c2cc(Cl)ccc21. The Hall–Kier alpha value is -2.33. The second-order valence-corrected chi connectivity index (χ2v) is 6.13. The first-order chi connectivity index (χ1) is 11.6. The molecular weight excluding hydrogens is 326 g/mol. The van der Waals surface area contributed by atoms with Crippen molar-refractivity contribution in [3.8, 4) is 5.75 Å². The molecule has 1 aliphatic heterocycles. The lowest BCUT2D eigenvalue weighted by molar-refractivity contribution is -0.118. The van der Waals surface area contributed by atoms with E-state index in [1.165, 1.54) is 0 Å². The minimum absolute atomic E-state index is 0.00280. The molecule has 5 heteroatoms. The number of ketones is 1. The van der Waals surface area contributed by atoms with Crippen LogP contribution in [0.2, 0.25) is 5.02 Å². The Morgan fingerprint density at radius 3 is 2.83 bits per heavy atom. The summed E-state index contributed by atoms with van der Waals surface area (Å²) in [5, 5.41) is 0.505. The Morgan fingerprint density at radius 2 is 2.04 bits per heavy atom. The highest BCUT2D eigenvalue weighted by atomic mass is 35.5. The highest BCUT2D eigenvalue weighted by Crippen LogP contribution is 2.30. The normalized spacial score (nSPS) is 13.6. The standard InChI is InChI=1S/C19H18ClNO3/c1-24-18-5-3-2-4-13(18)6-9-19(23)21-11-10-17(22)15-12-14(20)7-8-16(15)21/h2-5,7-8,12H,6,9-11H2,1H3. The summed E-state index contributed by atoms with van der Waals surface area (Å²) >= 11 is 5.97. The van der Waals surface area contributed by atoms with Gasteiger partial charge in [0.25, 0.3) is 0 Å². The highest BCUT2D eigenvalue weighted by Gasteiger charge is 2.27. The number of anilines is 1. The number of amides is 1. The second-order valence-electron chi connectivity index (χ2n) is 5.69. The molecule has 0 atom stereocenters. The van der Waals surface area contributed by atoms with Crippen molar-refractivity contribution in [2.45, 2.75) is 19.3 Å². The van der Waals surface area contributed by atoms with E-state index in [9.17, 15) is 9.59 Å². The molecule has 0 aromatic heterocycles. The summed E-state index contributed by atoms with van der Waals surface area (Å²) in [4.78, 5) is 26.4. The van der Waals surface area contributed by atoms with Crippen molar-refractivity contribution in [1.82, 2.24) is 0 Å². The third-order valence-electron chi connectivity index (χ3n) is 4.21. The van der Waals surface area contributed by atoms with Crippen LogP contribution in [0.5, 0.6) is 5.75 Å². The minimum atomic E-state index is -0.00280. The van der Waals surface area contributed by atoms with E-state index in [0.717, 1.165) is 11.3 Å². The number of benzene rings is 2. The molecule has 3 rings (SSSR count). The number of carbonyl (C=O) groups excluding carboxylic acids is 2. The van der Waals surface area contributed by atoms with Gasteiger partial charge in [0, 0.05) is 30.0 Å². The summed E-state index contributed by atoms with van der Waals surface area (Å²) in [6.07, 6.45) is 1.28. The summed E-state index contributed by atoms with van der Waals surface area (Å²) in [5.74, 6) is 0.810. The molecule has 24 heavy (non-hydrogen) atoms. The number of nitrogens with zero attached hydrogens (tertiary/aromatic N) is 1. The third-order valence-corrected chi connectivity index (χ3v) is 4.45. The first kappa shape index (κ1) is 16.5. The predicted octanol–water partition coefficient (Wildman–Crippen LogP) is 3.90. The quantitative estimate of drug-likeness (QED) is 0.845. The van der Waals surface area contributed by atoms with E-state index in [1.54, 1.807) is 30.2 Å². The molecule has 0 N–H and O–H groups in total. The summed E-state index contributed by atoms with van der Waals surface area (Å²) in [6.45, 7) is 0.415. The van der Waals surface area contributed by atoms with Crippen molar-refractivity contribution in [2.24, 2.45) is 0 Å². The van der Waals surface area contributed by atoms with Crippen molar-refractivity contribution in [3.05, 3.63) is 58.6 Å². The van der Waals surface area contributed by atoms with Crippen molar-refractivity contribution in [1.29, 1.82) is 0 Å². The number of rotatable bonds is 4. The van der Waals surface area contributed by atoms with Crippen LogP contribution in [-0.2, 0) is 11.2 Å². The fourth-order valence-electron chi connectivity index (χ4n) is 2.98. The van der Waals surface area contributed by atoms with E-state index >= 15 is 0 Å². The van der Waals surface area contributed by atoms with Gasteiger partial charge >= 0.3 is 0 Å². The summed E-state index contributed by atoms with van der Waals surface area (Å²) in [5.41, 5.74) is 2.18. The predicted molar refractivity (Wildman–Crippen MR) is 94.1 cm³/mol. The highest BCUT2D eigenvalue weighted by molar-refractivity contribution is 6.31. The van der Waals surface area contributed by atoms with Crippen LogP contribution >= 0.6 is 11.6 Å². The van der Waals surface area contributed by atoms with Crippen molar-refractivity contribution in [3.63, 3.8) is 0 Å². The van der Waals surface area contributed by atoms with Crippen LogP contribution < -0.4 is 9.64 Å². The topological polar surface area (TPSA) is 46.6 Å². The first-order valence-corrected chi connectivity index (χ1v) is 8.23. The van der Waals surface area contributed by atoms with E-state index in [2.05, 4.69) is 0 Å². The number of aryl methyl sites for hydroxylation is 1. The molecule has 0 saturated heterocycles. The molecule has 0 saturated carbocycles. The average Bonchev–Trinajstić information content (AvgIpc) is 2.60. The molecule has 1 heterocycles. The fourth-order valence-corrected chi connectivity index (χ4v) is 3.15. The molecule has 0 spiro atoms. The zero-order valence-corrected chi connectivity index (χ0v) is 14.2. The molecule has 2 aromatic carbocycles. The van der Waals surface area contributed by atoms with E-state index < -0.39 is 0 Å². The van der Waals surface area contributed by atoms with Gasteiger partial charge in [-0.05, 0) is 36.2 Å². The lowest BCUT2D eigenvalue weighted by Gasteiger charge is -2.29. The van der Waals surface area contributed by atoms with E-state index in [4.69, 9.17) is 16.3 Å². The minimum Gasteiger partial charge on any atom is -0.496 e. The molecule has 4 nitrogen and oxygen atoms in total. The molecule has 1 amide bonds. The Bertz CT molecular complexity index is 788. The zero-order valence-electron chi connectivity index (χ0n) is 13.4. The summed E-state index contributed by atoms with van der Waals surface area (Å²) in [6, 6.07) is 12.8. The molecule has 2 aromatic rings. The molecule has 0 fully saturated rings. The Labute approximate surface area is 146 Å². The second kappa shape index (κ2) is 7.05. The Morgan fingerprint density at radius 1 is 1.25 bits per heavy atom. The van der Waals surface area contributed by atoms with Crippen LogP contribution in [0, 0.1) is 0 Å². The number of para-hydroxylation sites is 1. The number of Topliss-reactive ketones (excluding diaryl/α,β-unsaturated/α-hetero) is 1. The van der Waals surface area contributed by atoms with Crippen LogP contribution in [0.4, 0.5) is 5.69 Å². The lowest BCUT2D eigenvalue weighted by Crippen LogP contribution is -2.37. The summed E-state index contributed by atoms with van der Waals surface area (Å²) < 4.78 is 5.32. The molecule has 0 bridgehead atoms. The first-order valence-electron chi connectivity index (χ1n) is 7.85. The number of hydrogen-bond donors (Lipinski definition) is 0. The molecule has 124 valence electrons. The maximum Gasteiger partial charge on any atom is 0.227 e. The molecule has 0 unspecified atom stereocenters. The number of hydrogen-bond acceptors (Lipinski definition) is 3. The zero-order chi connectivity index (χ0) is 17.1. The maximum absolute atomic E-state index is 12.7. The third kappa shape index (κ3) is 3.29. The van der Waals surface area contributed by atoms with Crippen LogP contribution in [0.15, 0.2) is 42.5 Å². The number of ether oxygens (including phenoxy) is 1. The maximum atomic E-state index is 12.7. The van der Waals surface area contributed by atoms with E-state index in [0.29, 0.717) is 42.1 Å².